The average Bonchev–Trinajstić information content (AvgIpc) is 2.63. The third kappa shape index (κ3) is 2.96. The predicted molar refractivity (Wildman–Crippen MR) is 49.3 cm³/mol. The highest BCUT2D eigenvalue weighted by Crippen LogP contribution is 2.04. The maximum atomic E-state index is 10.7. The lowest BCUT2D eigenvalue weighted by atomic mass is 10.3. The van der Waals surface area contributed by atoms with E-state index in [1.165, 1.54) is 41.7 Å². The first kappa shape index (κ1) is 14.4. The summed E-state index contributed by atoms with van der Waals surface area (Å²) in [5.74, 6) is -1.92. The number of carboxylic acid groups (broad SMARTS) is 2. The maximum absolute atomic E-state index is 10.7. The first-order valence-corrected chi connectivity index (χ1v) is 4.47. The smallest absolute Gasteiger partial charge is 0.349 e. The molecule has 0 saturated heterocycles. The van der Waals surface area contributed by atoms with Crippen LogP contribution in [0, 0.1) is 0 Å². The second-order valence-electron chi connectivity index (χ2n) is 3.34. The van der Waals surface area contributed by atoms with Crippen LogP contribution < -0.4 is 17.0 Å². The zero-order valence-electron chi connectivity index (χ0n) is 8.87. The van der Waals surface area contributed by atoms with Gasteiger partial charge in [0.15, 0.2) is 12.1 Å². The summed E-state index contributed by atoms with van der Waals surface area (Å²) in [7, 11) is 0. The van der Waals surface area contributed by atoms with E-state index in [0.29, 0.717) is 0 Å². The molecule has 0 aromatic carbocycles. The molecule has 16 heavy (non-hydrogen) atoms. The van der Waals surface area contributed by atoms with Gasteiger partial charge in [-0.2, -0.15) is 0 Å². The van der Waals surface area contributed by atoms with Crippen LogP contribution in [0.15, 0.2) is 18.7 Å². The Bertz CT molecular complexity index is 356. The van der Waals surface area contributed by atoms with Crippen molar-refractivity contribution in [1.29, 1.82) is 0 Å². The SMILES string of the molecule is C[C@@H](C(=O)O)n1cc[n+]([C@@H](C)C(=O)O)c1.[Cl-]. The standard InChI is InChI=1S/C9H12N2O4.ClH/c1-6(8(12)13)10-3-4-11(5-10)7(2)9(14)15;/h3-7H,1-2H3,(H-,12,13,14,15);1H/t6-,7-;/m0./s1. The lowest BCUT2D eigenvalue weighted by Gasteiger charge is -2.02. The molecule has 0 aliphatic carbocycles. The molecule has 6 nitrogen and oxygen atoms in total. The van der Waals surface area contributed by atoms with E-state index in [4.69, 9.17) is 10.2 Å². The Hall–Kier alpha value is -1.56. The number of hydrogen-bond donors (Lipinski definition) is 2. The Morgan fingerprint density at radius 3 is 2.25 bits per heavy atom. The summed E-state index contributed by atoms with van der Waals surface area (Å²) in [6.45, 7) is 3.05. The fourth-order valence-electron chi connectivity index (χ4n) is 1.10. The fourth-order valence-corrected chi connectivity index (χ4v) is 1.10. The molecule has 1 aromatic rings. The largest absolute Gasteiger partial charge is 1.00 e. The second-order valence-corrected chi connectivity index (χ2v) is 3.34. The van der Waals surface area contributed by atoms with E-state index in [9.17, 15) is 9.59 Å². The minimum atomic E-state index is -0.958. The number of nitrogens with zero attached hydrogens (tertiary/aromatic N) is 2. The minimum Gasteiger partial charge on any atom is -1.00 e. The third-order valence-electron chi connectivity index (χ3n) is 2.29. The highest BCUT2D eigenvalue weighted by molar-refractivity contribution is 5.71. The molecule has 2 N–H and O–H groups in total. The van der Waals surface area contributed by atoms with Gasteiger partial charge in [-0.05, 0) is 13.8 Å². The van der Waals surface area contributed by atoms with Crippen LogP contribution in [0.4, 0.5) is 0 Å². The van der Waals surface area contributed by atoms with Gasteiger partial charge in [0.2, 0.25) is 6.33 Å². The zero-order valence-corrected chi connectivity index (χ0v) is 9.63. The molecule has 1 rings (SSSR count). The second kappa shape index (κ2) is 5.50. The Kier molecular flexibility index (Phi) is 4.97. The number of imidazole rings is 1. The summed E-state index contributed by atoms with van der Waals surface area (Å²) in [4.78, 5) is 21.3. The summed E-state index contributed by atoms with van der Waals surface area (Å²) in [5.41, 5.74) is 0. The number of rotatable bonds is 4. The van der Waals surface area contributed by atoms with Crippen molar-refractivity contribution in [3.05, 3.63) is 18.7 Å². The molecule has 2 atom stereocenters. The van der Waals surface area contributed by atoms with E-state index in [-0.39, 0.29) is 12.4 Å². The van der Waals surface area contributed by atoms with Crippen LogP contribution in [-0.4, -0.2) is 26.7 Å². The molecular formula is C9H13ClN2O4. The zero-order chi connectivity index (χ0) is 11.6. The van der Waals surface area contributed by atoms with Crippen molar-refractivity contribution in [3.63, 3.8) is 0 Å². The topological polar surface area (TPSA) is 83.4 Å². The number of aliphatic carboxylic acids is 2. The monoisotopic (exact) mass is 248 g/mol. The molecule has 0 aliphatic rings. The van der Waals surface area contributed by atoms with Gasteiger partial charge in [-0.15, -0.1) is 0 Å². The molecule has 1 heterocycles. The van der Waals surface area contributed by atoms with Gasteiger partial charge in [-0.1, -0.05) is 0 Å². The van der Waals surface area contributed by atoms with Crippen molar-refractivity contribution < 1.29 is 36.8 Å². The van der Waals surface area contributed by atoms with Crippen molar-refractivity contribution in [2.75, 3.05) is 0 Å². The maximum Gasteiger partial charge on any atom is 0.349 e. The van der Waals surface area contributed by atoms with E-state index >= 15 is 0 Å². The van der Waals surface area contributed by atoms with Crippen LogP contribution in [0.25, 0.3) is 0 Å². The molecule has 7 heteroatoms. The molecule has 0 saturated carbocycles. The van der Waals surface area contributed by atoms with E-state index in [0.717, 1.165) is 0 Å². The molecule has 90 valence electrons. The molecule has 0 spiro atoms. The van der Waals surface area contributed by atoms with Crippen molar-refractivity contribution >= 4 is 11.9 Å². The van der Waals surface area contributed by atoms with Crippen molar-refractivity contribution in [3.8, 4) is 0 Å². The first-order chi connectivity index (χ1) is 6.93. The van der Waals surface area contributed by atoms with Gasteiger partial charge in [-0.3, -0.25) is 0 Å². The normalized spacial score (nSPS) is 13.6. The lowest BCUT2D eigenvalue weighted by molar-refractivity contribution is -0.707. The summed E-state index contributed by atoms with van der Waals surface area (Å²) < 4.78 is 2.89. The van der Waals surface area contributed by atoms with E-state index in [2.05, 4.69) is 0 Å². The highest BCUT2D eigenvalue weighted by Gasteiger charge is 2.23. The molecule has 0 fully saturated rings. The minimum absolute atomic E-state index is 0. The first-order valence-electron chi connectivity index (χ1n) is 4.47. The number of aromatic nitrogens is 2. The van der Waals surface area contributed by atoms with Gasteiger partial charge in [0.25, 0.3) is 0 Å². The quantitative estimate of drug-likeness (QED) is 0.559. The van der Waals surface area contributed by atoms with Crippen molar-refractivity contribution in [2.45, 2.75) is 25.9 Å². The molecule has 0 bridgehead atoms. The number of carbonyl (C=O) groups is 2. The van der Waals surface area contributed by atoms with Gasteiger partial charge < -0.3 is 22.6 Å². The van der Waals surface area contributed by atoms with E-state index in [1.54, 1.807) is 0 Å². The fraction of sp³-hybridized carbons (Fsp3) is 0.444. The van der Waals surface area contributed by atoms with Crippen molar-refractivity contribution in [2.24, 2.45) is 0 Å². The Morgan fingerprint density at radius 1 is 1.25 bits per heavy atom. The third-order valence-corrected chi connectivity index (χ3v) is 2.29. The van der Waals surface area contributed by atoms with Gasteiger partial charge in [0.05, 0.1) is 0 Å². The van der Waals surface area contributed by atoms with Gasteiger partial charge in [-0.25, -0.2) is 18.7 Å². The molecule has 0 unspecified atom stereocenters. The van der Waals surface area contributed by atoms with Gasteiger partial charge in [0, 0.05) is 0 Å². The molecule has 0 radical (unpaired) electrons. The summed E-state index contributed by atoms with van der Waals surface area (Å²) in [5, 5.41) is 17.5. The van der Waals surface area contributed by atoms with Gasteiger partial charge >= 0.3 is 11.9 Å². The number of carboxylic acids is 2. The summed E-state index contributed by atoms with van der Waals surface area (Å²) >= 11 is 0. The molecule has 1 aromatic heterocycles. The van der Waals surface area contributed by atoms with Crippen LogP contribution >= 0.6 is 0 Å². The molecule has 0 amide bonds. The number of hydrogen-bond acceptors (Lipinski definition) is 2. The summed E-state index contributed by atoms with van der Waals surface area (Å²) in [6.07, 6.45) is 4.55. The van der Waals surface area contributed by atoms with Crippen LogP contribution in [-0.2, 0) is 9.59 Å². The Labute approximate surface area is 98.5 Å². The van der Waals surface area contributed by atoms with Crippen LogP contribution in [0.5, 0.6) is 0 Å². The lowest BCUT2D eigenvalue weighted by Crippen LogP contribution is -3.00. The average molecular weight is 249 g/mol. The van der Waals surface area contributed by atoms with Crippen LogP contribution in [0.3, 0.4) is 0 Å². The summed E-state index contributed by atoms with van der Waals surface area (Å²) in [6, 6.07) is -1.40. The Balaban J connectivity index is 0.00000225. The van der Waals surface area contributed by atoms with E-state index < -0.39 is 24.0 Å². The van der Waals surface area contributed by atoms with Gasteiger partial charge in [0.1, 0.15) is 12.4 Å². The predicted octanol–water partition coefficient (Wildman–Crippen LogP) is -2.93. The van der Waals surface area contributed by atoms with E-state index in [1.807, 2.05) is 0 Å². The van der Waals surface area contributed by atoms with Crippen molar-refractivity contribution in [1.82, 2.24) is 4.57 Å². The Morgan fingerprint density at radius 2 is 1.81 bits per heavy atom. The van der Waals surface area contributed by atoms with Crippen LogP contribution in [0.2, 0.25) is 0 Å². The molecular weight excluding hydrogens is 236 g/mol. The number of halogens is 1. The highest BCUT2D eigenvalue weighted by atomic mass is 35.5. The molecule has 0 aliphatic heterocycles. The van der Waals surface area contributed by atoms with Crippen LogP contribution in [0.1, 0.15) is 25.9 Å².